The fourth-order valence-electron chi connectivity index (χ4n) is 2.47. The van der Waals surface area contributed by atoms with Crippen LogP contribution in [0.3, 0.4) is 0 Å². The van der Waals surface area contributed by atoms with Crippen molar-refractivity contribution < 1.29 is 0 Å². The van der Waals surface area contributed by atoms with Crippen molar-refractivity contribution in [2.45, 2.75) is 38.8 Å². The number of rotatable bonds is 3. The van der Waals surface area contributed by atoms with Crippen molar-refractivity contribution in [2.24, 2.45) is 5.73 Å². The van der Waals surface area contributed by atoms with Gasteiger partial charge in [-0.15, -0.1) is 0 Å². The van der Waals surface area contributed by atoms with Crippen molar-refractivity contribution in [3.8, 4) is 0 Å². The molecule has 0 aromatic carbocycles. The second-order valence-electron chi connectivity index (χ2n) is 4.65. The zero-order chi connectivity index (χ0) is 11.5. The molecule has 0 aliphatic carbocycles. The Morgan fingerprint density at radius 3 is 2.75 bits per heavy atom. The first kappa shape index (κ1) is 11.6. The molecule has 2 heterocycles. The van der Waals surface area contributed by atoms with E-state index < -0.39 is 0 Å². The van der Waals surface area contributed by atoms with Crippen molar-refractivity contribution in [2.75, 3.05) is 19.6 Å². The van der Waals surface area contributed by atoms with E-state index in [1.807, 2.05) is 19.2 Å². The maximum Gasteiger partial charge on any atom is 0.0551 e. The van der Waals surface area contributed by atoms with Gasteiger partial charge in [-0.05, 0) is 32.4 Å². The van der Waals surface area contributed by atoms with Gasteiger partial charge in [0.1, 0.15) is 0 Å². The Hall–Kier alpha value is -0.870. The Kier molecular flexibility index (Phi) is 3.61. The van der Waals surface area contributed by atoms with Gasteiger partial charge in [0.2, 0.25) is 0 Å². The number of hydrogen-bond donors (Lipinski definition) is 1. The van der Waals surface area contributed by atoms with E-state index in [1.54, 1.807) is 0 Å². The molecule has 0 bridgehead atoms. The standard InChI is InChI=1S/C12H22N4/c1-3-15-8-5-11(6-9-15)16-12(10(2)13)4-7-14-16/h4,7,10-11H,3,5-6,8-9,13H2,1-2H3. The molecule has 16 heavy (non-hydrogen) atoms. The Balaban J connectivity index is 2.05. The van der Waals surface area contributed by atoms with E-state index in [4.69, 9.17) is 5.73 Å². The third-order valence-electron chi connectivity index (χ3n) is 3.52. The molecule has 4 nitrogen and oxygen atoms in total. The molecular formula is C12H22N4. The lowest BCUT2D eigenvalue weighted by atomic mass is 10.0. The van der Waals surface area contributed by atoms with Gasteiger partial charge in [0.25, 0.3) is 0 Å². The van der Waals surface area contributed by atoms with Crippen molar-refractivity contribution in [3.63, 3.8) is 0 Å². The average molecular weight is 222 g/mol. The SMILES string of the molecule is CCN1CCC(n2nccc2C(C)N)CC1. The first-order valence-corrected chi connectivity index (χ1v) is 6.23. The molecule has 1 fully saturated rings. The van der Waals surface area contributed by atoms with Crippen molar-refractivity contribution in [1.82, 2.24) is 14.7 Å². The zero-order valence-corrected chi connectivity index (χ0v) is 10.3. The molecule has 1 aromatic rings. The summed E-state index contributed by atoms with van der Waals surface area (Å²) in [6.45, 7) is 7.77. The van der Waals surface area contributed by atoms with Crippen LogP contribution in [0.15, 0.2) is 12.3 Å². The molecule has 0 saturated carbocycles. The maximum absolute atomic E-state index is 5.95. The summed E-state index contributed by atoms with van der Waals surface area (Å²) in [5.41, 5.74) is 7.11. The van der Waals surface area contributed by atoms with Crippen molar-refractivity contribution in [1.29, 1.82) is 0 Å². The van der Waals surface area contributed by atoms with Crippen LogP contribution in [0.5, 0.6) is 0 Å². The lowest BCUT2D eigenvalue weighted by molar-refractivity contribution is 0.185. The van der Waals surface area contributed by atoms with Gasteiger partial charge in [0.15, 0.2) is 0 Å². The van der Waals surface area contributed by atoms with E-state index in [2.05, 4.69) is 21.6 Å². The minimum Gasteiger partial charge on any atom is -0.323 e. The molecule has 0 spiro atoms. The first-order chi connectivity index (χ1) is 7.72. The van der Waals surface area contributed by atoms with Gasteiger partial charge >= 0.3 is 0 Å². The Labute approximate surface area is 97.4 Å². The average Bonchev–Trinajstić information content (AvgIpc) is 2.78. The summed E-state index contributed by atoms with van der Waals surface area (Å²) in [6.07, 6.45) is 4.25. The normalized spacial score (nSPS) is 21.2. The third kappa shape index (κ3) is 2.28. The predicted octanol–water partition coefficient (Wildman–Crippen LogP) is 1.56. The van der Waals surface area contributed by atoms with Gasteiger partial charge in [0, 0.05) is 25.3 Å². The molecule has 1 aliphatic rings. The van der Waals surface area contributed by atoms with Crippen molar-refractivity contribution in [3.05, 3.63) is 18.0 Å². The number of piperidine rings is 1. The smallest absolute Gasteiger partial charge is 0.0551 e. The maximum atomic E-state index is 5.95. The number of nitrogens with zero attached hydrogens (tertiary/aromatic N) is 3. The molecule has 0 amide bonds. The second kappa shape index (κ2) is 4.97. The van der Waals surface area contributed by atoms with E-state index in [0.717, 1.165) is 12.2 Å². The van der Waals surface area contributed by atoms with Crippen LogP contribution in [0.25, 0.3) is 0 Å². The number of aromatic nitrogens is 2. The van der Waals surface area contributed by atoms with Crippen LogP contribution in [-0.2, 0) is 0 Å². The molecule has 2 N–H and O–H groups in total. The molecule has 1 unspecified atom stereocenters. The Morgan fingerprint density at radius 1 is 1.50 bits per heavy atom. The van der Waals surface area contributed by atoms with E-state index in [9.17, 15) is 0 Å². The second-order valence-corrected chi connectivity index (χ2v) is 4.65. The number of likely N-dealkylation sites (tertiary alicyclic amines) is 1. The molecule has 2 rings (SSSR count). The highest BCUT2D eigenvalue weighted by molar-refractivity contribution is 5.06. The first-order valence-electron chi connectivity index (χ1n) is 6.23. The van der Waals surface area contributed by atoms with Gasteiger partial charge in [-0.1, -0.05) is 6.92 Å². The summed E-state index contributed by atoms with van der Waals surface area (Å²) in [5.74, 6) is 0. The van der Waals surface area contributed by atoms with E-state index in [1.165, 1.54) is 25.9 Å². The third-order valence-corrected chi connectivity index (χ3v) is 3.52. The largest absolute Gasteiger partial charge is 0.323 e. The van der Waals surface area contributed by atoms with Crippen LogP contribution < -0.4 is 5.73 Å². The molecular weight excluding hydrogens is 200 g/mol. The van der Waals surface area contributed by atoms with Gasteiger partial charge in [-0.2, -0.15) is 5.10 Å². The summed E-state index contributed by atoms with van der Waals surface area (Å²) in [6, 6.07) is 2.65. The summed E-state index contributed by atoms with van der Waals surface area (Å²) in [5, 5.41) is 4.43. The highest BCUT2D eigenvalue weighted by atomic mass is 15.3. The minimum absolute atomic E-state index is 0.0757. The van der Waals surface area contributed by atoms with E-state index in [0.29, 0.717) is 6.04 Å². The summed E-state index contributed by atoms with van der Waals surface area (Å²) in [7, 11) is 0. The fraction of sp³-hybridized carbons (Fsp3) is 0.750. The van der Waals surface area contributed by atoms with Gasteiger partial charge in [-0.3, -0.25) is 4.68 Å². The Bertz CT molecular complexity index is 324. The van der Waals surface area contributed by atoms with Crippen LogP contribution in [0.4, 0.5) is 0 Å². The predicted molar refractivity (Wildman–Crippen MR) is 65.2 cm³/mol. The van der Waals surface area contributed by atoms with Crippen LogP contribution in [-0.4, -0.2) is 34.3 Å². The highest BCUT2D eigenvalue weighted by Gasteiger charge is 2.22. The highest BCUT2D eigenvalue weighted by Crippen LogP contribution is 2.24. The van der Waals surface area contributed by atoms with Gasteiger partial charge in [0.05, 0.1) is 11.7 Å². The van der Waals surface area contributed by atoms with Gasteiger partial charge < -0.3 is 10.6 Å². The molecule has 1 aliphatic heterocycles. The topological polar surface area (TPSA) is 47.1 Å². The Morgan fingerprint density at radius 2 is 2.19 bits per heavy atom. The van der Waals surface area contributed by atoms with Crippen LogP contribution >= 0.6 is 0 Å². The molecule has 1 aromatic heterocycles. The number of nitrogens with two attached hydrogens (primary N) is 1. The lowest BCUT2D eigenvalue weighted by Crippen LogP contribution is -2.35. The summed E-state index contributed by atoms with van der Waals surface area (Å²) >= 11 is 0. The minimum atomic E-state index is 0.0757. The lowest BCUT2D eigenvalue weighted by Gasteiger charge is -2.32. The number of hydrogen-bond acceptors (Lipinski definition) is 3. The quantitative estimate of drug-likeness (QED) is 0.844. The van der Waals surface area contributed by atoms with Crippen molar-refractivity contribution >= 4 is 0 Å². The molecule has 0 radical (unpaired) electrons. The summed E-state index contributed by atoms with van der Waals surface area (Å²) in [4.78, 5) is 2.49. The molecule has 1 atom stereocenters. The molecule has 90 valence electrons. The fourth-order valence-corrected chi connectivity index (χ4v) is 2.47. The van der Waals surface area contributed by atoms with E-state index in [-0.39, 0.29) is 6.04 Å². The zero-order valence-electron chi connectivity index (χ0n) is 10.3. The van der Waals surface area contributed by atoms with Gasteiger partial charge in [-0.25, -0.2) is 0 Å². The monoisotopic (exact) mass is 222 g/mol. The molecule has 1 saturated heterocycles. The van der Waals surface area contributed by atoms with Crippen LogP contribution in [0.2, 0.25) is 0 Å². The van der Waals surface area contributed by atoms with E-state index >= 15 is 0 Å². The summed E-state index contributed by atoms with van der Waals surface area (Å²) < 4.78 is 2.14. The van der Waals surface area contributed by atoms with Crippen LogP contribution in [0, 0.1) is 0 Å². The van der Waals surface area contributed by atoms with Crippen LogP contribution in [0.1, 0.15) is 44.5 Å². The molecule has 4 heteroatoms.